The second-order valence-corrected chi connectivity index (χ2v) is 6.64. The molecule has 0 aliphatic carbocycles. The molecule has 1 aromatic carbocycles. The number of methoxy groups -OCH3 is 1. The van der Waals surface area contributed by atoms with Crippen LogP contribution in [0.1, 0.15) is 17.1 Å². The molecule has 1 atom stereocenters. The number of carbonyl (C=O) groups is 1. The Morgan fingerprint density at radius 1 is 1.37 bits per heavy atom. The van der Waals surface area contributed by atoms with Crippen LogP contribution in [-0.2, 0) is 24.2 Å². The normalized spacial score (nSPS) is 14.7. The van der Waals surface area contributed by atoms with Crippen LogP contribution in [0, 0.1) is 0 Å². The molecule has 1 unspecified atom stereocenters. The van der Waals surface area contributed by atoms with Gasteiger partial charge in [-0.2, -0.15) is 0 Å². The van der Waals surface area contributed by atoms with E-state index < -0.39 is 6.04 Å². The fourth-order valence-electron chi connectivity index (χ4n) is 3.32. The Balaban J connectivity index is 1.46. The number of nitrogens with zero attached hydrogens (tertiary/aromatic N) is 3. The zero-order chi connectivity index (χ0) is 18.8. The van der Waals surface area contributed by atoms with Crippen LogP contribution in [0.15, 0.2) is 36.8 Å². The minimum absolute atomic E-state index is 0.0594. The van der Waals surface area contributed by atoms with E-state index in [-0.39, 0.29) is 5.91 Å². The van der Waals surface area contributed by atoms with Crippen molar-refractivity contribution in [2.45, 2.75) is 25.4 Å². The molecule has 0 radical (unpaired) electrons. The molecule has 0 bridgehead atoms. The average Bonchev–Trinajstić information content (AvgIpc) is 3.36. The molecule has 8 nitrogen and oxygen atoms in total. The molecule has 1 aliphatic rings. The van der Waals surface area contributed by atoms with Crippen molar-refractivity contribution < 1.29 is 9.53 Å². The number of aromatic nitrogens is 4. The molecule has 4 rings (SSSR count). The topological polar surface area (TPSA) is 113 Å². The van der Waals surface area contributed by atoms with Crippen LogP contribution in [-0.4, -0.2) is 50.4 Å². The van der Waals surface area contributed by atoms with Crippen molar-refractivity contribution in [2.24, 2.45) is 5.73 Å². The number of hydrogen-bond donors (Lipinski definition) is 3. The van der Waals surface area contributed by atoms with Crippen molar-refractivity contribution in [3.8, 4) is 17.1 Å². The monoisotopic (exact) mass is 366 g/mol. The number of hydrogen-bond acceptors (Lipinski definition) is 5. The second kappa shape index (κ2) is 7.24. The molecule has 1 aliphatic heterocycles. The lowest BCUT2D eigenvalue weighted by Crippen LogP contribution is -2.46. The van der Waals surface area contributed by atoms with Crippen LogP contribution >= 0.6 is 0 Å². The first-order valence-electron chi connectivity index (χ1n) is 8.88. The Bertz CT molecular complexity index is 916. The van der Waals surface area contributed by atoms with E-state index in [4.69, 9.17) is 15.5 Å². The van der Waals surface area contributed by atoms with Crippen LogP contribution in [0.5, 0.6) is 5.75 Å². The molecular weight excluding hydrogens is 344 g/mol. The van der Waals surface area contributed by atoms with Gasteiger partial charge in [-0.3, -0.25) is 4.79 Å². The number of ether oxygens (including phenoxy) is 1. The molecule has 3 heterocycles. The third kappa shape index (κ3) is 3.56. The predicted octanol–water partition coefficient (Wildman–Crippen LogP) is 1.26. The number of benzene rings is 1. The van der Waals surface area contributed by atoms with Gasteiger partial charge in [-0.15, -0.1) is 0 Å². The highest BCUT2D eigenvalue weighted by Crippen LogP contribution is 2.24. The quantitative estimate of drug-likeness (QED) is 0.629. The van der Waals surface area contributed by atoms with E-state index in [1.807, 2.05) is 24.3 Å². The highest BCUT2D eigenvalue weighted by atomic mass is 16.5. The maximum absolute atomic E-state index is 12.7. The minimum atomic E-state index is -0.587. The summed E-state index contributed by atoms with van der Waals surface area (Å²) >= 11 is 0. The molecule has 0 saturated carbocycles. The lowest BCUT2D eigenvalue weighted by atomic mass is 10.1. The number of nitrogens with two attached hydrogens (primary N) is 1. The fraction of sp³-hybridized carbons (Fsp3) is 0.316. The predicted molar refractivity (Wildman–Crippen MR) is 100.0 cm³/mol. The van der Waals surface area contributed by atoms with E-state index >= 15 is 0 Å². The number of aromatic amines is 2. The van der Waals surface area contributed by atoms with Gasteiger partial charge in [0.05, 0.1) is 37.4 Å². The van der Waals surface area contributed by atoms with E-state index in [2.05, 4.69) is 15.0 Å². The molecule has 0 fully saturated rings. The largest absolute Gasteiger partial charge is 0.497 e. The Morgan fingerprint density at radius 3 is 2.89 bits per heavy atom. The van der Waals surface area contributed by atoms with Crippen molar-refractivity contribution in [3.63, 3.8) is 0 Å². The molecule has 4 N–H and O–H groups in total. The minimum Gasteiger partial charge on any atom is -0.497 e. The summed E-state index contributed by atoms with van der Waals surface area (Å²) < 4.78 is 5.19. The van der Waals surface area contributed by atoms with E-state index in [0.29, 0.717) is 25.9 Å². The van der Waals surface area contributed by atoms with Crippen molar-refractivity contribution in [3.05, 3.63) is 53.9 Å². The zero-order valence-corrected chi connectivity index (χ0v) is 15.1. The summed E-state index contributed by atoms with van der Waals surface area (Å²) in [5.41, 5.74) is 9.92. The molecule has 0 spiro atoms. The maximum atomic E-state index is 12.7. The van der Waals surface area contributed by atoms with Crippen LogP contribution < -0.4 is 10.5 Å². The first kappa shape index (κ1) is 17.3. The summed E-state index contributed by atoms with van der Waals surface area (Å²) in [7, 11) is 1.64. The summed E-state index contributed by atoms with van der Waals surface area (Å²) in [5.74, 6) is 1.55. The number of fused-ring (bicyclic) bond motifs is 1. The number of imidazole rings is 2. The summed E-state index contributed by atoms with van der Waals surface area (Å²) in [6.07, 6.45) is 4.44. The lowest BCUT2D eigenvalue weighted by Gasteiger charge is -2.28. The van der Waals surface area contributed by atoms with Crippen molar-refractivity contribution in [1.82, 2.24) is 24.8 Å². The number of carbonyl (C=O) groups excluding carboxylic acids is 1. The van der Waals surface area contributed by atoms with Gasteiger partial charge in [-0.25, -0.2) is 9.97 Å². The van der Waals surface area contributed by atoms with Crippen LogP contribution in [0.25, 0.3) is 11.4 Å². The van der Waals surface area contributed by atoms with E-state index in [1.54, 1.807) is 24.5 Å². The summed E-state index contributed by atoms with van der Waals surface area (Å²) in [6, 6.07) is 7.15. The van der Waals surface area contributed by atoms with Gasteiger partial charge in [0.25, 0.3) is 0 Å². The van der Waals surface area contributed by atoms with Gasteiger partial charge in [0.15, 0.2) is 0 Å². The second-order valence-electron chi connectivity index (χ2n) is 6.64. The van der Waals surface area contributed by atoms with Crippen molar-refractivity contribution in [2.75, 3.05) is 13.7 Å². The first-order chi connectivity index (χ1) is 13.1. The molecular formula is C19H22N6O2. The molecule has 8 heteroatoms. The van der Waals surface area contributed by atoms with E-state index in [1.165, 1.54) is 0 Å². The smallest absolute Gasteiger partial charge is 0.240 e. The van der Waals surface area contributed by atoms with Gasteiger partial charge in [0.2, 0.25) is 5.91 Å². The molecule has 27 heavy (non-hydrogen) atoms. The van der Waals surface area contributed by atoms with Gasteiger partial charge in [0.1, 0.15) is 11.6 Å². The summed E-state index contributed by atoms with van der Waals surface area (Å²) in [5, 5.41) is 0. The Hall–Kier alpha value is -3.13. The van der Waals surface area contributed by atoms with E-state index in [0.717, 1.165) is 34.2 Å². The standard InChI is InChI=1S/C19H22N6O2/c1-27-14-4-2-12(3-5-14)18-23-16-6-7-25(10-17(16)24-18)19(26)15(20)8-13-9-21-11-22-13/h2-5,9,11,15H,6-8,10,20H2,1H3,(H,21,22)(H,23,24). The molecule has 0 saturated heterocycles. The third-order valence-corrected chi connectivity index (χ3v) is 4.82. The Kier molecular flexibility index (Phi) is 4.64. The van der Waals surface area contributed by atoms with Crippen LogP contribution in [0.4, 0.5) is 0 Å². The SMILES string of the molecule is COc1ccc(-c2nc3c([nH]2)CN(C(=O)C(N)Cc2cnc[nH]2)CC3)cc1. The zero-order valence-electron chi connectivity index (χ0n) is 15.1. The lowest BCUT2D eigenvalue weighted by molar-refractivity contribution is -0.133. The molecule has 140 valence electrons. The van der Waals surface area contributed by atoms with Crippen LogP contribution in [0.3, 0.4) is 0 Å². The van der Waals surface area contributed by atoms with E-state index in [9.17, 15) is 4.79 Å². The fourth-order valence-corrected chi connectivity index (χ4v) is 3.32. The Labute approximate surface area is 156 Å². The highest BCUT2D eigenvalue weighted by Gasteiger charge is 2.27. The highest BCUT2D eigenvalue weighted by molar-refractivity contribution is 5.82. The summed E-state index contributed by atoms with van der Waals surface area (Å²) in [4.78, 5) is 29.5. The average molecular weight is 366 g/mol. The van der Waals surface area contributed by atoms with Gasteiger partial charge in [-0.05, 0) is 24.3 Å². The first-order valence-corrected chi connectivity index (χ1v) is 8.88. The number of amides is 1. The van der Waals surface area contributed by atoms with Gasteiger partial charge >= 0.3 is 0 Å². The van der Waals surface area contributed by atoms with Gasteiger partial charge < -0.3 is 25.3 Å². The van der Waals surface area contributed by atoms with Gasteiger partial charge in [-0.1, -0.05) is 0 Å². The number of H-pyrrole nitrogens is 2. The summed E-state index contributed by atoms with van der Waals surface area (Å²) in [6.45, 7) is 1.11. The molecule has 2 aromatic heterocycles. The maximum Gasteiger partial charge on any atom is 0.240 e. The number of nitrogens with one attached hydrogen (secondary N) is 2. The number of rotatable bonds is 5. The third-order valence-electron chi connectivity index (χ3n) is 4.82. The molecule has 1 amide bonds. The van der Waals surface area contributed by atoms with Crippen molar-refractivity contribution >= 4 is 5.91 Å². The Morgan fingerprint density at radius 2 is 2.19 bits per heavy atom. The van der Waals surface area contributed by atoms with Crippen molar-refractivity contribution in [1.29, 1.82) is 0 Å². The molecule has 3 aromatic rings. The van der Waals surface area contributed by atoms with Crippen LogP contribution in [0.2, 0.25) is 0 Å². The van der Waals surface area contributed by atoms with Gasteiger partial charge in [0, 0.05) is 36.8 Å².